The molecule has 158 valence electrons. The molecule has 1 aromatic carbocycles. The molecule has 8 heteroatoms. The van der Waals surface area contributed by atoms with Gasteiger partial charge in [0.1, 0.15) is 11.9 Å². The number of aromatic nitrogens is 6. The summed E-state index contributed by atoms with van der Waals surface area (Å²) >= 11 is 0. The Morgan fingerprint density at radius 1 is 0.781 bits per heavy atom. The van der Waals surface area contributed by atoms with Crippen LogP contribution in [0.1, 0.15) is 25.8 Å². The van der Waals surface area contributed by atoms with E-state index in [1.54, 1.807) is 24.8 Å². The van der Waals surface area contributed by atoms with Crippen LogP contribution < -0.4 is 5.32 Å². The molecule has 0 fully saturated rings. The highest BCUT2D eigenvalue weighted by Crippen LogP contribution is 2.31. The maximum absolute atomic E-state index is 5.64. The summed E-state index contributed by atoms with van der Waals surface area (Å²) in [7, 11) is 0. The first-order valence-corrected chi connectivity index (χ1v) is 10.4. The molecule has 0 saturated carbocycles. The minimum absolute atomic E-state index is 0.162. The summed E-state index contributed by atoms with van der Waals surface area (Å²) in [6.45, 7) is 4.19. The molecular formula is C24H21N7O. The summed E-state index contributed by atoms with van der Waals surface area (Å²) in [5.41, 5.74) is 2.55. The number of hydrogen-bond acceptors (Lipinski definition) is 8. The molecule has 32 heavy (non-hydrogen) atoms. The van der Waals surface area contributed by atoms with Crippen molar-refractivity contribution < 1.29 is 4.52 Å². The number of para-hydroxylation sites is 1. The van der Waals surface area contributed by atoms with Crippen LogP contribution in [0.25, 0.3) is 33.7 Å². The van der Waals surface area contributed by atoms with Crippen molar-refractivity contribution in [1.82, 2.24) is 30.1 Å². The Bertz CT molecular complexity index is 1340. The van der Waals surface area contributed by atoms with Crippen molar-refractivity contribution in [3.63, 3.8) is 0 Å². The average Bonchev–Trinajstić information content (AvgIpc) is 3.33. The van der Waals surface area contributed by atoms with Gasteiger partial charge in [-0.1, -0.05) is 31.1 Å². The van der Waals surface area contributed by atoms with Gasteiger partial charge in [-0.2, -0.15) is 4.98 Å². The van der Waals surface area contributed by atoms with E-state index in [0.29, 0.717) is 23.4 Å². The summed E-state index contributed by atoms with van der Waals surface area (Å²) in [5.74, 6) is 2.49. The largest absolute Gasteiger partial charge is 0.358 e. The van der Waals surface area contributed by atoms with Gasteiger partial charge in [0, 0.05) is 41.3 Å². The van der Waals surface area contributed by atoms with Crippen LogP contribution in [0.3, 0.4) is 0 Å². The molecule has 0 spiro atoms. The zero-order valence-electron chi connectivity index (χ0n) is 17.7. The summed E-state index contributed by atoms with van der Waals surface area (Å²) in [6, 6.07) is 15.2. The molecule has 4 heterocycles. The number of hydrogen-bond donors (Lipinski definition) is 1. The van der Waals surface area contributed by atoms with Crippen molar-refractivity contribution in [1.29, 1.82) is 0 Å². The Kier molecular flexibility index (Phi) is 5.25. The summed E-state index contributed by atoms with van der Waals surface area (Å²) in [5, 5.41) is 8.61. The normalized spacial score (nSPS) is 12.2. The lowest BCUT2D eigenvalue weighted by Gasteiger charge is -2.20. The molecule has 1 atom stereocenters. The first-order valence-electron chi connectivity index (χ1n) is 10.4. The molecule has 4 aromatic heterocycles. The molecule has 0 aliphatic heterocycles. The van der Waals surface area contributed by atoms with E-state index in [0.717, 1.165) is 22.0 Å². The Morgan fingerprint density at radius 3 is 2.41 bits per heavy atom. The maximum Gasteiger partial charge on any atom is 0.249 e. The average molecular weight is 423 g/mol. The molecule has 5 aromatic rings. The SMILES string of the molecule is CC(C)C(Nc1nc(-c2ccncc2)nc2ccccc12)c1nc(-c2cccnc2)no1. The molecule has 1 N–H and O–H groups in total. The Labute approximate surface area is 184 Å². The highest BCUT2D eigenvalue weighted by atomic mass is 16.5. The Balaban J connectivity index is 1.55. The Hall–Kier alpha value is -4.20. The zero-order chi connectivity index (χ0) is 21.9. The van der Waals surface area contributed by atoms with E-state index in [4.69, 9.17) is 14.5 Å². The van der Waals surface area contributed by atoms with Gasteiger partial charge in [-0.3, -0.25) is 9.97 Å². The van der Waals surface area contributed by atoms with Crippen LogP contribution in [0, 0.1) is 5.92 Å². The molecule has 0 radical (unpaired) electrons. The summed E-state index contributed by atoms with van der Waals surface area (Å²) in [6.07, 6.45) is 6.89. The van der Waals surface area contributed by atoms with E-state index in [2.05, 4.69) is 39.3 Å². The smallest absolute Gasteiger partial charge is 0.249 e. The van der Waals surface area contributed by atoms with E-state index in [1.165, 1.54) is 0 Å². The van der Waals surface area contributed by atoms with Crippen molar-refractivity contribution in [2.24, 2.45) is 5.92 Å². The van der Waals surface area contributed by atoms with Crippen LogP contribution in [0.4, 0.5) is 5.82 Å². The molecule has 8 nitrogen and oxygen atoms in total. The Morgan fingerprint density at radius 2 is 1.62 bits per heavy atom. The third-order valence-electron chi connectivity index (χ3n) is 5.13. The minimum Gasteiger partial charge on any atom is -0.358 e. The van der Waals surface area contributed by atoms with E-state index in [9.17, 15) is 0 Å². The number of nitrogens with zero attached hydrogens (tertiary/aromatic N) is 6. The molecule has 0 aliphatic carbocycles. The lowest BCUT2D eigenvalue weighted by Crippen LogP contribution is -2.18. The fourth-order valence-electron chi connectivity index (χ4n) is 3.45. The highest BCUT2D eigenvalue weighted by Gasteiger charge is 2.25. The number of benzene rings is 1. The van der Waals surface area contributed by atoms with Crippen LogP contribution in [0.15, 0.2) is 77.8 Å². The lowest BCUT2D eigenvalue weighted by molar-refractivity contribution is 0.336. The van der Waals surface area contributed by atoms with Gasteiger partial charge < -0.3 is 9.84 Å². The number of fused-ring (bicyclic) bond motifs is 1. The maximum atomic E-state index is 5.64. The quantitative estimate of drug-likeness (QED) is 0.409. The molecular weight excluding hydrogens is 402 g/mol. The molecule has 5 rings (SSSR count). The number of pyridine rings is 2. The fraction of sp³-hybridized carbons (Fsp3) is 0.167. The standard InChI is InChI=1S/C24H21N7O/c1-15(2)20(24-30-22(31-32-24)17-6-5-11-26-14-17)28-23-18-7-3-4-8-19(18)27-21(29-23)16-9-12-25-13-10-16/h3-15,20H,1-2H3,(H,27,28,29). The van der Waals surface area contributed by atoms with E-state index >= 15 is 0 Å². The minimum atomic E-state index is -0.239. The lowest BCUT2D eigenvalue weighted by atomic mass is 10.0. The second-order valence-corrected chi connectivity index (χ2v) is 7.71. The highest BCUT2D eigenvalue weighted by molar-refractivity contribution is 5.90. The van der Waals surface area contributed by atoms with Gasteiger partial charge in [0.15, 0.2) is 5.82 Å². The van der Waals surface area contributed by atoms with Crippen LogP contribution in [-0.4, -0.2) is 30.1 Å². The van der Waals surface area contributed by atoms with Gasteiger partial charge >= 0.3 is 0 Å². The molecule has 0 aliphatic rings. The van der Waals surface area contributed by atoms with E-state index < -0.39 is 0 Å². The van der Waals surface area contributed by atoms with Gasteiger partial charge in [0.05, 0.1) is 5.52 Å². The van der Waals surface area contributed by atoms with Crippen molar-refractivity contribution in [3.8, 4) is 22.8 Å². The number of nitrogens with one attached hydrogen (secondary N) is 1. The first-order chi connectivity index (χ1) is 15.7. The fourth-order valence-corrected chi connectivity index (χ4v) is 3.45. The zero-order valence-corrected chi connectivity index (χ0v) is 17.7. The van der Waals surface area contributed by atoms with Crippen LogP contribution in [0.5, 0.6) is 0 Å². The van der Waals surface area contributed by atoms with Crippen LogP contribution in [-0.2, 0) is 0 Å². The van der Waals surface area contributed by atoms with Crippen molar-refractivity contribution in [2.45, 2.75) is 19.9 Å². The van der Waals surface area contributed by atoms with E-state index in [1.807, 2.05) is 48.5 Å². The number of anilines is 1. The predicted octanol–water partition coefficient (Wildman–Crippen LogP) is 4.95. The molecule has 0 bridgehead atoms. The summed E-state index contributed by atoms with van der Waals surface area (Å²) < 4.78 is 5.64. The third kappa shape index (κ3) is 3.90. The van der Waals surface area contributed by atoms with Gasteiger partial charge in [0.25, 0.3) is 0 Å². The monoisotopic (exact) mass is 423 g/mol. The van der Waals surface area contributed by atoms with Gasteiger partial charge in [-0.15, -0.1) is 0 Å². The van der Waals surface area contributed by atoms with Gasteiger partial charge in [-0.05, 0) is 42.3 Å². The summed E-state index contributed by atoms with van der Waals surface area (Å²) in [4.78, 5) is 22.4. The second-order valence-electron chi connectivity index (χ2n) is 7.71. The van der Waals surface area contributed by atoms with Gasteiger partial charge in [0.2, 0.25) is 11.7 Å². The predicted molar refractivity (Wildman–Crippen MR) is 121 cm³/mol. The van der Waals surface area contributed by atoms with Crippen molar-refractivity contribution >= 4 is 16.7 Å². The van der Waals surface area contributed by atoms with Crippen molar-refractivity contribution in [3.05, 3.63) is 79.2 Å². The van der Waals surface area contributed by atoms with Crippen LogP contribution in [0.2, 0.25) is 0 Å². The molecule has 1 unspecified atom stereocenters. The molecule has 0 saturated heterocycles. The van der Waals surface area contributed by atoms with Crippen molar-refractivity contribution in [2.75, 3.05) is 5.32 Å². The second kappa shape index (κ2) is 8.50. The van der Waals surface area contributed by atoms with Crippen LogP contribution >= 0.6 is 0 Å². The number of rotatable bonds is 6. The van der Waals surface area contributed by atoms with E-state index in [-0.39, 0.29) is 12.0 Å². The first kappa shape index (κ1) is 19.7. The third-order valence-corrected chi connectivity index (χ3v) is 5.13. The van der Waals surface area contributed by atoms with Gasteiger partial charge in [-0.25, -0.2) is 9.97 Å². The molecule has 0 amide bonds. The topological polar surface area (TPSA) is 103 Å².